The molecule has 1 atom stereocenters. The molecule has 0 radical (unpaired) electrons. The Labute approximate surface area is 97.8 Å². The van der Waals surface area contributed by atoms with Crippen molar-refractivity contribution in [2.45, 2.75) is 58.5 Å². The van der Waals surface area contributed by atoms with Crippen LogP contribution in [0, 0.1) is 5.41 Å². The van der Waals surface area contributed by atoms with E-state index in [9.17, 15) is 4.79 Å². The van der Waals surface area contributed by atoms with Crippen LogP contribution in [-0.2, 0) is 0 Å². The van der Waals surface area contributed by atoms with Gasteiger partial charge in [0.2, 0.25) is 0 Å². The SMILES string of the molecule is CC(C)(C)C(CCO)NC(=O)NC1CCC1. The van der Waals surface area contributed by atoms with Gasteiger partial charge in [-0.05, 0) is 31.1 Å². The van der Waals surface area contributed by atoms with E-state index in [1.165, 1.54) is 6.42 Å². The predicted octanol–water partition coefficient (Wildman–Crippen LogP) is 1.64. The molecule has 1 saturated carbocycles. The largest absolute Gasteiger partial charge is 0.396 e. The first-order valence-electron chi connectivity index (χ1n) is 6.11. The topological polar surface area (TPSA) is 61.4 Å². The zero-order valence-corrected chi connectivity index (χ0v) is 10.5. The second-order valence-corrected chi connectivity index (χ2v) is 5.68. The molecule has 16 heavy (non-hydrogen) atoms. The number of hydrogen-bond acceptors (Lipinski definition) is 2. The standard InChI is InChI=1S/C12H24N2O2/c1-12(2,3)10(7-8-15)14-11(16)13-9-5-4-6-9/h9-10,15H,4-8H2,1-3H3,(H2,13,14,16). The molecule has 0 saturated heterocycles. The highest BCUT2D eigenvalue weighted by molar-refractivity contribution is 5.74. The number of aliphatic hydroxyl groups is 1. The molecule has 4 heteroatoms. The van der Waals surface area contributed by atoms with Crippen molar-refractivity contribution in [2.75, 3.05) is 6.61 Å². The molecular formula is C12H24N2O2. The van der Waals surface area contributed by atoms with Gasteiger partial charge >= 0.3 is 6.03 Å². The van der Waals surface area contributed by atoms with Crippen molar-refractivity contribution in [1.82, 2.24) is 10.6 Å². The molecule has 0 spiro atoms. The maximum atomic E-state index is 11.7. The van der Waals surface area contributed by atoms with Gasteiger partial charge in [0.1, 0.15) is 0 Å². The van der Waals surface area contributed by atoms with Crippen LogP contribution in [-0.4, -0.2) is 29.8 Å². The molecule has 2 amide bonds. The maximum absolute atomic E-state index is 11.7. The van der Waals surface area contributed by atoms with E-state index in [4.69, 9.17) is 5.11 Å². The van der Waals surface area contributed by atoms with Gasteiger partial charge in [-0.1, -0.05) is 20.8 Å². The van der Waals surface area contributed by atoms with Gasteiger partial charge in [0.05, 0.1) is 0 Å². The summed E-state index contributed by atoms with van der Waals surface area (Å²) in [5.74, 6) is 0. The van der Waals surface area contributed by atoms with Gasteiger partial charge < -0.3 is 15.7 Å². The van der Waals surface area contributed by atoms with Crippen LogP contribution in [0.2, 0.25) is 0 Å². The van der Waals surface area contributed by atoms with Gasteiger partial charge in [-0.15, -0.1) is 0 Å². The van der Waals surface area contributed by atoms with Gasteiger partial charge in [0.25, 0.3) is 0 Å². The highest BCUT2D eigenvalue weighted by Gasteiger charge is 2.27. The van der Waals surface area contributed by atoms with E-state index in [1.807, 2.05) is 0 Å². The summed E-state index contributed by atoms with van der Waals surface area (Å²) in [7, 11) is 0. The lowest BCUT2D eigenvalue weighted by Crippen LogP contribution is -2.52. The summed E-state index contributed by atoms with van der Waals surface area (Å²) >= 11 is 0. The van der Waals surface area contributed by atoms with E-state index in [0.717, 1.165) is 12.8 Å². The van der Waals surface area contributed by atoms with Crippen molar-refractivity contribution in [2.24, 2.45) is 5.41 Å². The Hall–Kier alpha value is -0.770. The summed E-state index contributed by atoms with van der Waals surface area (Å²) in [6.45, 7) is 6.30. The fraction of sp³-hybridized carbons (Fsp3) is 0.917. The lowest BCUT2D eigenvalue weighted by atomic mass is 9.85. The quantitative estimate of drug-likeness (QED) is 0.685. The molecular weight excluding hydrogens is 204 g/mol. The first kappa shape index (κ1) is 13.3. The Morgan fingerprint density at radius 3 is 2.44 bits per heavy atom. The minimum absolute atomic E-state index is 0.0116. The monoisotopic (exact) mass is 228 g/mol. The minimum Gasteiger partial charge on any atom is -0.396 e. The van der Waals surface area contributed by atoms with Gasteiger partial charge in [0, 0.05) is 18.7 Å². The first-order valence-corrected chi connectivity index (χ1v) is 6.11. The summed E-state index contributed by atoms with van der Waals surface area (Å²) in [5, 5.41) is 14.9. The molecule has 0 bridgehead atoms. The van der Waals surface area contributed by atoms with Crippen molar-refractivity contribution in [3.63, 3.8) is 0 Å². The van der Waals surface area contributed by atoms with Crippen molar-refractivity contribution < 1.29 is 9.90 Å². The van der Waals surface area contributed by atoms with Gasteiger partial charge in [-0.25, -0.2) is 4.79 Å². The Bertz CT molecular complexity index is 232. The third kappa shape index (κ3) is 4.00. The average Bonchev–Trinajstić information content (AvgIpc) is 2.09. The zero-order valence-electron chi connectivity index (χ0n) is 10.5. The zero-order chi connectivity index (χ0) is 12.2. The maximum Gasteiger partial charge on any atom is 0.315 e. The molecule has 0 aliphatic heterocycles. The van der Waals surface area contributed by atoms with E-state index >= 15 is 0 Å². The number of urea groups is 1. The van der Waals surface area contributed by atoms with E-state index in [2.05, 4.69) is 31.4 Å². The highest BCUT2D eigenvalue weighted by atomic mass is 16.3. The van der Waals surface area contributed by atoms with Crippen molar-refractivity contribution in [3.05, 3.63) is 0 Å². The molecule has 0 aromatic rings. The van der Waals surface area contributed by atoms with E-state index in [1.54, 1.807) is 0 Å². The van der Waals surface area contributed by atoms with Crippen LogP contribution in [0.4, 0.5) is 4.79 Å². The van der Waals surface area contributed by atoms with Crippen LogP contribution < -0.4 is 10.6 Å². The smallest absolute Gasteiger partial charge is 0.315 e. The van der Waals surface area contributed by atoms with Crippen LogP contribution in [0.5, 0.6) is 0 Å². The second-order valence-electron chi connectivity index (χ2n) is 5.68. The van der Waals surface area contributed by atoms with E-state index < -0.39 is 0 Å². The first-order chi connectivity index (χ1) is 7.43. The number of amides is 2. The Kier molecular flexibility index (Phi) is 4.59. The van der Waals surface area contributed by atoms with Gasteiger partial charge in [0.15, 0.2) is 0 Å². The molecule has 1 aliphatic rings. The fourth-order valence-corrected chi connectivity index (χ4v) is 1.79. The number of carbonyl (C=O) groups is 1. The van der Waals surface area contributed by atoms with Gasteiger partial charge in [-0.3, -0.25) is 0 Å². The van der Waals surface area contributed by atoms with E-state index in [0.29, 0.717) is 12.5 Å². The summed E-state index contributed by atoms with van der Waals surface area (Å²) in [4.78, 5) is 11.7. The molecule has 0 aromatic carbocycles. The molecule has 0 aromatic heterocycles. The van der Waals surface area contributed by atoms with Gasteiger partial charge in [-0.2, -0.15) is 0 Å². The van der Waals surface area contributed by atoms with Crippen LogP contribution in [0.15, 0.2) is 0 Å². The molecule has 0 heterocycles. The molecule has 94 valence electrons. The summed E-state index contributed by atoms with van der Waals surface area (Å²) in [6, 6.07) is 0.269. The van der Waals surface area contributed by atoms with Crippen molar-refractivity contribution >= 4 is 6.03 Å². The van der Waals surface area contributed by atoms with Crippen molar-refractivity contribution in [3.8, 4) is 0 Å². The summed E-state index contributed by atoms with van der Waals surface area (Å²) in [5.41, 5.74) is -0.0281. The van der Waals surface area contributed by atoms with Crippen LogP contribution in [0.1, 0.15) is 46.5 Å². The summed E-state index contributed by atoms with van der Waals surface area (Å²) < 4.78 is 0. The lowest BCUT2D eigenvalue weighted by Gasteiger charge is -2.33. The molecule has 1 fully saturated rings. The molecule has 3 N–H and O–H groups in total. The molecule has 1 unspecified atom stereocenters. The van der Waals surface area contributed by atoms with Crippen LogP contribution in [0.3, 0.4) is 0 Å². The minimum atomic E-state index is -0.0990. The highest BCUT2D eigenvalue weighted by Crippen LogP contribution is 2.22. The second kappa shape index (κ2) is 5.53. The third-order valence-corrected chi connectivity index (χ3v) is 3.21. The number of aliphatic hydroxyl groups excluding tert-OH is 1. The lowest BCUT2D eigenvalue weighted by molar-refractivity contribution is 0.184. The molecule has 1 aliphatic carbocycles. The normalized spacial score (nSPS) is 18.8. The predicted molar refractivity (Wildman–Crippen MR) is 64.3 cm³/mol. The number of hydrogen-bond donors (Lipinski definition) is 3. The number of rotatable bonds is 4. The molecule has 1 rings (SSSR count). The van der Waals surface area contributed by atoms with E-state index in [-0.39, 0.29) is 24.1 Å². The number of carbonyl (C=O) groups excluding carboxylic acids is 1. The average molecular weight is 228 g/mol. The molecule has 4 nitrogen and oxygen atoms in total. The number of nitrogens with one attached hydrogen (secondary N) is 2. The Morgan fingerprint density at radius 1 is 1.44 bits per heavy atom. The third-order valence-electron chi connectivity index (χ3n) is 3.21. The van der Waals surface area contributed by atoms with Crippen LogP contribution >= 0.6 is 0 Å². The van der Waals surface area contributed by atoms with Crippen molar-refractivity contribution in [1.29, 1.82) is 0 Å². The van der Waals surface area contributed by atoms with Crippen LogP contribution in [0.25, 0.3) is 0 Å². The summed E-state index contributed by atoms with van der Waals surface area (Å²) in [6.07, 6.45) is 3.99. The Morgan fingerprint density at radius 2 is 2.06 bits per heavy atom. The Balaban J connectivity index is 2.37. The fourth-order valence-electron chi connectivity index (χ4n) is 1.79.